The summed E-state index contributed by atoms with van der Waals surface area (Å²) >= 11 is 3.00. The number of hydrogen-bond donors (Lipinski definition) is 0. The molecule has 0 radical (unpaired) electrons. The highest BCUT2D eigenvalue weighted by molar-refractivity contribution is 9.10. The first-order valence-corrected chi connectivity index (χ1v) is 17.6. The largest absolute Gasteiger partial charge is 0.640 e. The molecular weight excluding hydrogens is 868 g/mol. The normalized spacial score (nSPS) is 19.5. The van der Waals surface area contributed by atoms with Crippen molar-refractivity contribution in [2.45, 2.75) is 142 Å². The maximum absolute atomic E-state index is 14.3. The Hall–Kier alpha value is -2.13. The monoisotopic (exact) mass is 910 g/mol. The van der Waals surface area contributed by atoms with Crippen molar-refractivity contribution in [1.82, 2.24) is 0 Å². The van der Waals surface area contributed by atoms with Gasteiger partial charge in [-0.05, 0) is 99.7 Å². The fraction of sp³-hybridized carbons (Fsp3) is 0.657. The molecular formula is C35H43B2BrF14O5. The van der Waals surface area contributed by atoms with E-state index in [1.807, 2.05) is 27.7 Å². The SMILES string of the molecule is COB1OC(C)(C)C(C)(C)O1.Cc1cc(C(F)(C(F)(F)F)C(F)(F)F)cc(C)c1B1OC(C)(C)C(C)(C)O1.Cc1cc(C(F)(C(F)(F)F)C(F)(F)F)cc(C)c1Br. The zero-order valence-corrected chi connectivity index (χ0v) is 34.8. The second-order valence-corrected chi connectivity index (χ2v) is 16.4. The summed E-state index contributed by atoms with van der Waals surface area (Å²) in [6, 6.07) is 2.18. The van der Waals surface area contributed by atoms with Gasteiger partial charge < -0.3 is 23.3 Å². The number of halogens is 15. The molecule has 57 heavy (non-hydrogen) atoms. The highest BCUT2D eigenvalue weighted by Crippen LogP contribution is 2.55. The van der Waals surface area contributed by atoms with Crippen LogP contribution in [0.5, 0.6) is 0 Å². The molecule has 0 aliphatic carbocycles. The number of rotatable bonds is 4. The van der Waals surface area contributed by atoms with Crippen LogP contribution in [0.2, 0.25) is 0 Å². The van der Waals surface area contributed by atoms with E-state index in [1.165, 1.54) is 27.7 Å². The molecule has 0 bridgehead atoms. The van der Waals surface area contributed by atoms with Crippen molar-refractivity contribution in [2.24, 2.45) is 0 Å². The van der Waals surface area contributed by atoms with Crippen LogP contribution in [0, 0.1) is 27.7 Å². The van der Waals surface area contributed by atoms with E-state index < -0.39 is 72.8 Å². The number of hydrogen-bond acceptors (Lipinski definition) is 5. The third-order valence-corrected chi connectivity index (χ3v) is 11.6. The lowest BCUT2D eigenvalue weighted by Crippen LogP contribution is -2.51. The van der Waals surface area contributed by atoms with E-state index in [0.29, 0.717) is 28.7 Å². The van der Waals surface area contributed by atoms with Gasteiger partial charge in [0.15, 0.2) is 0 Å². The van der Waals surface area contributed by atoms with Gasteiger partial charge in [0.25, 0.3) is 0 Å². The number of aryl methyl sites for hydroxylation is 4. The lowest BCUT2D eigenvalue weighted by atomic mass is 9.72. The number of benzene rings is 2. The van der Waals surface area contributed by atoms with Crippen LogP contribution in [0.15, 0.2) is 28.7 Å². The van der Waals surface area contributed by atoms with E-state index in [4.69, 9.17) is 23.3 Å². The second kappa shape index (κ2) is 16.0. The van der Waals surface area contributed by atoms with Crippen LogP contribution in [0.1, 0.15) is 88.8 Å². The molecule has 0 aromatic heterocycles. The first kappa shape index (κ1) is 51.0. The van der Waals surface area contributed by atoms with Gasteiger partial charge in [0.1, 0.15) is 0 Å². The Morgan fingerprint density at radius 2 is 0.719 bits per heavy atom. The van der Waals surface area contributed by atoms with Crippen molar-refractivity contribution in [1.29, 1.82) is 0 Å². The van der Waals surface area contributed by atoms with Crippen LogP contribution >= 0.6 is 15.9 Å². The molecule has 2 aliphatic heterocycles. The summed E-state index contributed by atoms with van der Waals surface area (Å²) in [6.07, 6.45) is -24.5. The molecule has 0 N–H and O–H groups in total. The zero-order valence-electron chi connectivity index (χ0n) is 33.2. The van der Waals surface area contributed by atoms with Gasteiger partial charge in [0, 0.05) is 22.7 Å². The molecule has 4 rings (SSSR count). The maximum Gasteiger partial charge on any atom is 0.640 e. The van der Waals surface area contributed by atoms with Crippen molar-refractivity contribution in [3.05, 3.63) is 62.1 Å². The molecule has 0 saturated carbocycles. The molecule has 2 fully saturated rings. The van der Waals surface area contributed by atoms with Crippen LogP contribution in [0.4, 0.5) is 61.5 Å². The predicted molar refractivity (Wildman–Crippen MR) is 188 cm³/mol. The summed E-state index contributed by atoms with van der Waals surface area (Å²) in [5.74, 6) is 0. The van der Waals surface area contributed by atoms with E-state index in [2.05, 4.69) is 15.9 Å². The molecule has 2 heterocycles. The van der Waals surface area contributed by atoms with Crippen LogP contribution in [-0.4, -0.2) is 68.7 Å². The Balaban J connectivity index is 0.000000323. The third-order valence-electron chi connectivity index (χ3n) is 10.3. The van der Waals surface area contributed by atoms with Crippen molar-refractivity contribution >= 4 is 35.8 Å². The Morgan fingerprint density at radius 3 is 0.947 bits per heavy atom. The fourth-order valence-corrected chi connectivity index (χ4v) is 5.74. The highest BCUT2D eigenvalue weighted by Gasteiger charge is 2.74. The van der Waals surface area contributed by atoms with Crippen molar-refractivity contribution in [2.75, 3.05) is 7.11 Å². The standard InChI is InChI=1S/C17H20BF7O2.C11H8BrF7.C7H15BO3/c1-9-7-11(15(19,16(20,21)22)17(23,24)25)8-10(2)12(9)18-26-13(3,4)14(5,6)27-18;1-5-3-7(4-6(2)8(5)12)9(13,10(14,15)16)11(17,18)19;1-6(2)7(3,4)11-8(9-5)10-6/h7-8H,1-6H3;3-4H,1-2H3;1-5H3. The van der Waals surface area contributed by atoms with E-state index in [9.17, 15) is 61.5 Å². The molecule has 2 aromatic rings. The number of alkyl halides is 14. The molecule has 2 aromatic carbocycles. The average Bonchev–Trinajstić information content (AvgIpc) is 3.35. The van der Waals surface area contributed by atoms with Crippen LogP contribution in [-0.2, 0) is 34.6 Å². The second-order valence-electron chi connectivity index (χ2n) is 15.6. The summed E-state index contributed by atoms with van der Waals surface area (Å²) in [5.41, 5.74) is -15.4. The fourth-order valence-electron chi connectivity index (χ4n) is 5.51. The zero-order chi connectivity index (χ0) is 45.1. The minimum atomic E-state index is -6.16. The Bertz CT molecular complexity index is 1650. The smallest absolute Gasteiger partial charge is 0.399 e. The van der Waals surface area contributed by atoms with E-state index in [-0.39, 0.29) is 38.9 Å². The molecule has 0 atom stereocenters. The summed E-state index contributed by atoms with van der Waals surface area (Å²) < 4.78 is 209. The molecule has 5 nitrogen and oxygen atoms in total. The average molecular weight is 911 g/mol. The predicted octanol–water partition coefficient (Wildman–Crippen LogP) is 11.5. The first-order chi connectivity index (χ1) is 25.1. The van der Waals surface area contributed by atoms with Gasteiger partial charge in [-0.15, -0.1) is 0 Å². The van der Waals surface area contributed by atoms with Gasteiger partial charge in [-0.3, -0.25) is 0 Å². The molecule has 324 valence electrons. The minimum absolute atomic E-state index is 0.0130. The van der Waals surface area contributed by atoms with Gasteiger partial charge in [-0.1, -0.05) is 51.3 Å². The molecule has 2 saturated heterocycles. The highest BCUT2D eigenvalue weighted by atomic mass is 79.9. The van der Waals surface area contributed by atoms with Gasteiger partial charge in [-0.25, -0.2) is 8.78 Å². The van der Waals surface area contributed by atoms with E-state index in [0.717, 1.165) is 0 Å². The minimum Gasteiger partial charge on any atom is -0.399 e. The van der Waals surface area contributed by atoms with Crippen LogP contribution in [0.3, 0.4) is 0 Å². The molecule has 0 amide bonds. The third kappa shape index (κ3) is 9.76. The van der Waals surface area contributed by atoms with E-state index in [1.54, 1.807) is 34.8 Å². The van der Waals surface area contributed by atoms with E-state index >= 15 is 0 Å². The molecule has 0 spiro atoms. The van der Waals surface area contributed by atoms with Crippen molar-refractivity contribution < 1.29 is 84.7 Å². The Morgan fingerprint density at radius 1 is 0.474 bits per heavy atom. The van der Waals surface area contributed by atoms with Crippen molar-refractivity contribution in [3.63, 3.8) is 0 Å². The summed E-state index contributed by atoms with van der Waals surface area (Å²) in [4.78, 5) is 0. The van der Waals surface area contributed by atoms with Crippen molar-refractivity contribution in [3.8, 4) is 0 Å². The van der Waals surface area contributed by atoms with Crippen LogP contribution in [0.25, 0.3) is 0 Å². The topological polar surface area (TPSA) is 46.2 Å². The Kier molecular flexibility index (Phi) is 14.4. The summed E-state index contributed by atoms with van der Waals surface area (Å²) in [6.45, 7) is 20.2. The lowest BCUT2D eigenvalue weighted by Gasteiger charge is -2.32. The molecule has 0 unspecified atom stereocenters. The summed E-state index contributed by atoms with van der Waals surface area (Å²) in [5, 5.41) is 0. The Labute approximate surface area is 330 Å². The van der Waals surface area contributed by atoms with Gasteiger partial charge in [0.05, 0.1) is 22.4 Å². The van der Waals surface area contributed by atoms with Gasteiger partial charge in [0.2, 0.25) is 0 Å². The summed E-state index contributed by atoms with van der Waals surface area (Å²) in [7, 11) is 0.0668. The van der Waals surface area contributed by atoms with Crippen LogP contribution < -0.4 is 5.46 Å². The maximum atomic E-state index is 14.3. The lowest BCUT2D eigenvalue weighted by molar-refractivity contribution is -0.349. The quantitative estimate of drug-likeness (QED) is 0.226. The van der Waals surface area contributed by atoms with Gasteiger partial charge in [-0.2, -0.15) is 52.7 Å². The molecule has 2 aliphatic rings. The van der Waals surface area contributed by atoms with Gasteiger partial charge >= 0.3 is 50.5 Å². The molecule has 22 heteroatoms. The first-order valence-electron chi connectivity index (χ1n) is 16.8.